The summed E-state index contributed by atoms with van der Waals surface area (Å²) in [6, 6.07) is 15.5. The third-order valence-corrected chi connectivity index (χ3v) is 6.90. The summed E-state index contributed by atoms with van der Waals surface area (Å²) in [6.45, 7) is 10.6. The van der Waals surface area contributed by atoms with Gasteiger partial charge in [0.25, 0.3) is 5.91 Å². The lowest BCUT2D eigenvalue weighted by atomic mass is 9.95. The molecule has 2 aliphatic rings. The number of carbonyl (C=O) groups excluding carboxylic acids is 2. The Balaban J connectivity index is 1.59. The Bertz CT molecular complexity index is 978. The van der Waals surface area contributed by atoms with Crippen molar-refractivity contribution in [2.45, 2.75) is 32.7 Å². The molecule has 0 bridgehead atoms. The van der Waals surface area contributed by atoms with Crippen molar-refractivity contribution in [3.05, 3.63) is 65.2 Å². The number of ether oxygens (including phenoxy) is 1. The van der Waals surface area contributed by atoms with Crippen molar-refractivity contribution in [1.82, 2.24) is 14.7 Å². The predicted octanol–water partition coefficient (Wildman–Crippen LogP) is 3.74. The minimum Gasteiger partial charge on any atom is -0.410 e. The largest absolute Gasteiger partial charge is 0.410 e. The summed E-state index contributed by atoms with van der Waals surface area (Å²) < 4.78 is 5.16. The molecule has 7 nitrogen and oxygen atoms in total. The Labute approximate surface area is 202 Å². The maximum atomic E-state index is 12.8. The van der Waals surface area contributed by atoms with E-state index in [0.29, 0.717) is 24.4 Å². The third-order valence-electron chi connectivity index (χ3n) is 6.90. The highest BCUT2D eigenvalue weighted by Crippen LogP contribution is 2.33. The molecule has 1 saturated carbocycles. The quantitative estimate of drug-likeness (QED) is 0.612. The zero-order valence-electron chi connectivity index (χ0n) is 20.3. The molecule has 2 aromatic rings. The summed E-state index contributed by atoms with van der Waals surface area (Å²) in [5, 5.41) is 0. The number of nitrogens with two attached hydrogens (primary N) is 1. The lowest BCUT2D eigenvalue weighted by Crippen LogP contribution is -2.48. The van der Waals surface area contributed by atoms with Crippen LogP contribution in [0.5, 0.6) is 5.75 Å². The molecule has 2 fully saturated rings. The first-order chi connectivity index (χ1) is 16.5. The van der Waals surface area contributed by atoms with E-state index in [2.05, 4.69) is 28.0 Å². The molecule has 1 aliphatic carbocycles. The van der Waals surface area contributed by atoms with Gasteiger partial charge in [-0.3, -0.25) is 9.69 Å². The van der Waals surface area contributed by atoms with Crippen LogP contribution in [0, 0.1) is 5.92 Å². The van der Waals surface area contributed by atoms with E-state index in [-0.39, 0.29) is 11.9 Å². The van der Waals surface area contributed by atoms with Gasteiger partial charge in [0.2, 0.25) is 0 Å². The molecule has 0 spiro atoms. The summed E-state index contributed by atoms with van der Waals surface area (Å²) in [6.07, 6.45) is 1.92. The van der Waals surface area contributed by atoms with Gasteiger partial charge >= 0.3 is 6.09 Å². The number of piperazine rings is 1. The third kappa shape index (κ3) is 5.96. The lowest BCUT2D eigenvalue weighted by molar-refractivity contribution is 0.0773. The molecule has 34 heavy (non-hydrogen) atoms. The van der Waals surface area contributed by atoms with Crippen LogP contribution < -0.4 is 10.5 Å². The fourth-order valence-electron chi connectivity index (χ4n) is 4.85. The van der Waals surface area contributed by atoms with Crippen molar-refractivity contribution in [3.63, 3.8) is 0 Å². The van der Waals surface area contributed by atoms with E-state index < -0.39 is 6.09 Å². The number of rotatable bonds is 9. The average Bonchev–Trinajstić information content (AvgIpc) is 3.65. The van der Waals surface area contributed by atoms with E-state index in [1.54, 1.807) is 6.07 Å². The van der Waals surface area contributed by atoms with Crippen LogP contribution in [0.25, 0.3) is 0 Å². The fraction of sp³-hybridized carbons (Fsp3) is 0.481. The van der Waals surface area contributed by atoms with Crippen molar-refractivity contribution >= 4 is 12.0 Å². The van der Waals surface area contributed by atoms with Crippen molar-refractivity contribution in [1.29, 1.82) is 0 Å². The van der Waals surface area contributed by atoms with Crippen LogP contribution in [0.4, 0.5) is 4.79 Å². The van der Waals surface area contributed by atoms with Crippen LogP contribution in [0.15, 0.2) is 48.5 Å². The predicted molar refractivity (Wildman–Crippen MR) is 133 cm³/mol. The Morgan fingerprint density at radius 3 is 2.26 bits per heavy atom. The number of nitrogens with zero attached hydrogens (tertiary/aromatic N) is 3. The minimum absolute atomic E-state index is 0.00268. The van der Waals surface area contributed by atoms with Crippen LogP contribution in [-0.4, -0.2) is 72.5 Å². The highest BCUT2D eigenvalue weighted by atomic mass is 16.5. The number of amides is 2. The maximum Gasteiger partial charge on any atom is 0.409 e. The van der Waals surface area contributed by atoms with E-state index >= 15 is 0 Å². The van der Waals surface area contributed by atoms with Crippen LogP contribution in [0.1, 0.15) is 54.2 Å². The Morgan fingerprint density at radius 2 is 1.68 bits per heavy atom. The van der Waals surface area contributed by atoms with E-state index in [4.69, 9.17) is 10.5 Å². The molecule has 2 N–H and O–H groups in total. The topological polar surface area (TPSA) is 79.1 Å². The van der Waals surface area contributed by atoms with Gasteiger partial charge in [-0.15, -0.1) is 0 Å². The van der Waals surface area contributed by atoms with Gasteiger partial charge in [-0.2, -0.15) is 0 Å². The van der Waals surface area contributed by atoms with E-state index in [1.807, 2.05) is 43.0 Å². The molecule has 2 amide bonds. The Kier molecular flexibility index (Phi) is 7.85. The Hall–Kier alpha value is -2.90. The average molecular weight is 465 g/mol. The van der Waals surface area contributed by atoms with Gasteiger partial charge in [0.05, 0.1) is 6.04 Å². The zero-order chi connectivity index (χ0) is 24.1. The van der Waals surface area contributed by atoms with Gasteiger partial charge in [-0.1, -0.05) is 24.3 Å². The van der Waals surface area contributed by atoms with Gasteiger partial charge in [0.15, 0.2) is 0 Å². The summed E-state index contributed by atoms with van der Waals surface area (Å²) in [7, 11) is 0. The number of hydrogen-bond donors (Lipinski definition) is 1. The molecule has 1 heterocycles. The molecule has 0 aromatic heterocycles. The first-order valence-corrected chi connectivity index (χ1v) is 12.4. The van der Waals surface area contributed by atoms with E-state index in [9.17, 15) is 9.59 Å². The number of carbonyl (C=O) groups is 2. The summed E-state index contributed by atoms with van der Waals surface area (Å²) in [5.41, 5.74) is 8.10. The number of primary amides is 1. The highest BCUT2D eigenvalue weighted by molar-refractivity contribution is 5.94. The molecule has 7 heteroatoms. The smallest absolute Gasteiger partial charge is 0.409 e. The second-order valence-electron chi connectivity index (χ2n) is 9.28. The molecule has 182 valence electrons. The fourth-order valence-corrected chi connectivity index (χ4v) is 4.85. The molecule has 4 rings (SSSR count). The van der Waals surface area contributed by atoms with Crippen LogP contribution in [0.2, 0.25) is 0 Å². The van der Waals surface area contributed by atoms with Gasteiger partial charge < -0.3 is 20.3 Å². The van der Waals surface area contributed by atoms with Gasteiger partial charge in [0, 0.05) is 51.4 Å². The van der Waals surface area contributed by atoms with Crippen molar-refractivity contribution < 1.29 is 14.3 Å². The second kappa shape index (κ2) is 11.0. The first kappa shape index (κ1) is 24.2. The monoisotopic (exact) mass is 464 g/mol. The lowest BCUT2D eigenvalue weighted by Gasteiger charge is -2.40. The zero-order valence-corrected chi connectivity index (χ0v) is 20.3. The summed E-state index contributed by atoms with van der Waals surface area (Å²) >= 11 is 0. The van der Waals surface area contributed by atoms with E-state index in [1.165, 1.54) is 19.4 Å². The molecule has 0 radical (unpaired) electrons. The standard InChI is InChI=1S/C27H36N4O3/c1-3-30(4-2)26(32)22-12-10-21(11-13-22)25(23-6-5-7-24(18-23)34-27(28)33)31-16-14-29(15-17-31)19-20-8-9-20/h5-7,10-13,18,20,25H,3-4,8-9,14-17,19H2,1-2H3,(H2,28,33). The molecule has 2 aromatic carbocycles. The minimum atomic E-state index is -0.818. The van der Waals surface area contributed by atoms with Crippen LogP contribution in [-0.2, 0) is 0 Å². The van der Waals surface area contributed by atoms with Crippen molar-refractivity contribution in [3.8, 4) is 5.75 Å². The SMILES string of the molecule is CCN(CC)C(=O)c1ccc(C(c2cccc(OC(N)=O)c2)N2CCN(CC3CC3)CC2)cc1. The molecule has 1 aliphatic heterocycles. The molecule has 1 atom stereocenters. The second-order valence-corrected chi connectivity index (χ2v) is 9.28. The molecule has 1 unspecified atom stereocenters. The van der Waals surface area contributed by atoms with Crippen LogP contribution in [0.3, 0.4) is 0 Å². The van der Waals surface area contributed by atoms with Gasteiger partial charge in [-0.05, 0) is 68.0 Å². The van der Waals surface area contributed by atoms with Gasteiger partial charge in [-0.25, -0.2) is 4.79 Å². The number of hydrogen-bond acceptors (Lipinski definition) is 5. The maximum absolute atomic E-state index is 12.8. The van der Waals surface area contributed by atoms with Crippen LogP contribution >= 0.6 is 0 Å². The highest BCUT2D eigenvalue weighted by Gasteiger charge is 2.30. The summed E-state index contributed by atoms with van der Waals surface area (Å²) in [4.78, 5) is 31.0. The molecular formula is C27H36N4O3. The number of benzene rings is 2. The van der Waals surface area contributed by atoms with Crippen molar-refractivity contribution in [2.75, 3.05) is 45.8 Å². The molecular weight excluding hydrogens is 428 g/mol. The van der Waals surface area contributed by atoms with Crippen molar-refractivity contribution in [2.24, 2.45) is 11.7 Å². The van der Waals surface area contributed by atoms with E-state index in [0.717, 1.165) is 43.2 Å². The first-order valence-electron chi connectivity index (χ1n) is 12.4. The van der Waals surface area contributed by atoms with Gasteiger partial charge in [0.1, 0.15) is 5.75 Å². The summed E-state index contributed by atoms with van der Waals surface area (Å²) in [5.74, 6) is 1.38. The molecule has 1 saturated heterocycles. The normalized spacial score (nSPS) is 17.8. The Morgan fingerprint density at radius 1 is 1.00 bits per heavy atom.